The largest absolute Gasteiger partial charge is 0.391 e. The van der Waals surface area contributed by atoms with E-state index >= 15 is 0 Å². The minimum absolute atomic E-state index is 0.117. The summed E-state index contributed by atoms with van der Waals surface area (Å²) in [6.45, 7) is 10.7. The van der Waals surface area contributed by atoms with E-state index < -0.39 is 0 Å². The lowest BCUT2D eigenvalue weighted by atomic mass is 9.76. The van der Waals surface area contributed by atoms with Crippen LogP contribution in [-0.2, 0) is 0 Å². The molecule has 1 saturated carbocycles. The van der Waals surface area contributed by atoms with Crippen molar-refractivity contribution >= 4 is 0 Å². The third-order valence-corrected chi connectivity index (χ3v) is 5.76. The molecule has 0 aromatic heterocycles. The zero-order valence-electron chi connectivity index (χ0n) is 12.8. The average Bonchev–Trinajstić information content (AvgIpc) is 2.74. The first kappa shape index (κ1) is 13.8. The van der Waals surface area contributed by atoms with Crippen LogP contribution >= 0.6 is 0 Å². The highest BCUT2D eigenvalue weighted by Gasteiger charge is 2.43. The summed E-state index contributed by atoms with van der Waals surface area (Å²) >= 11 is 0. The molecule has 6 unspecified atom stereocenters. The fourth-order valence-corrected chi connectivity index (χ4v) is 4.97. The summed E-state index contributed by atoms with van der Waals surface area (Å²) in [6.07, 6.45) is 4.88. The Morgan fingerprint density at radius 3 is 2.58 bits per heavy atom. The molecule has 0 radical (unpaired) electrons. The van der Waals surface area contributed by atoms with Crippen molar-refractivity contribution in [1.82, 2.24) is 9.80 Å². The van der Waals surface area contributed by atoms with E-state index in [1.54, 1.807) is 0 Å². The van der Waals surface area contributed by atoms with Gasteiger partial charge in [-0.15, -0.1) is 0 Å². The molecule has 2 heterocycles. The van der Waals surface area contributed by atoms with Crippen LogP contribution < -0.4 is 0 Å². The molecule has 110 valence electrons. The quantitative estimate of drug-likeness (QED) is 0.786. The summed E-state index contributed by atoms with van der Waals surface area (Å²) < 4.78 is 0. The van der Waals surface area contributed by atoms with E-state index in [4.69, 9.17) is 0 Å². The number of hydrogen-bond donors (Lipinski definition) is 1. The number of rotatable bonds is 1. The second-order valence-electron chi connectivity index (χ2n) is 7.45. The van der Waals surface area contributed by atoms with Gasteiger partial charge in [0.15, 0.2) is 0 Å². The number of fused-ring (bicyclic) bond motifs is 1. The fourth-order valence-electron chi connectivity index (χ4n) is 4.97. The highest BCUT2D eigenvalue weighted by molar-refractivity contribution is 4.98. The van der Waals surface area contributed by atoms with Crippen LogP contribution in [0.15, 0.2) is 0 Å². The molecule has 3 heteroatoms. The summed E-state index contributed by atoms with van der Waals surface area (Å²) in [7, 11) is 0. The van der Waals surface area contributed by atoms with Crippen molar-refractivity contribution in [2.75, 3.05) is 19.6 Å². The Morgan fingerprint density at radius 2 is 1.84 bits per heavy atom. The van der Waals surface area contributed by atoms with Gasteiger partial charge in [-0.3, -0.25) is 9.80 Å². The molecule has 2 saturated heterocycles. The van der Waals surface area contributed by atoms with Gasteiger partial charge in [-0.05, 0) is 51.0 Å². The number of piperazine rings is 1. The second-order valence-corrected chi connectivity index (χ2v) is 7.45. The van der Waals surface area contributed by atoms with Gasteiger partial charge in [0.1, 0.15) is 0 Å². The fraction of sp³-hybridized carbons (Fsp3) is 1.00. The molecule has 3 nitrogen and oxygen atoms in total. The summed E-state index contributed by atoms with van der Waals surface area (Å²) in [6, 6.07) is 1.76. The van der Waals surface area contributed by atoms with Gasteiger partial charge in [-0.2, -0.15) is 0 Å². The first-order chi connectivity index (χ1) is 9.06. The lowest BCUT2D eigenvalue weighted by Crippen LogP contribution is -2.63. The minimum Gasteiger partial charge on any atom is -0.391 e. The highest BCUT2D eigenvalue weighted by Crippen LogP contribution is 2.36. The average molecular weight is 266 g/mol. The van der Waals surface area contributed by atoms with Crippen molar-refractivity contribution in [2.24, 2.45) is 11.8 Å². The van der Waals surface area contributed by atoms with Gasteiger partial charge in [-0.1, -0.05) is 13.8 Å². The predicted molar refractivity (Wildman–Crippen MR) is 78.1 cm³/mol. The molecule has 19 heavy (non-hydrogen) atoms. The standard InChI is InChI=1S/C16H30N2O/c1-11-7-12(2)16(15(19)8-11)18-10-14-5-4-6-17(14)9-13(18)3/h11-16,19H,4-10H2,1-3H3. The maximum Gasteiger partial charge on any atom is 0.0700 e. The number of hydrogen-bond acceptors (Lipinski definition) is 3. The first-order valence-electron chi connectivity index (χ1n) is 8.24. The third-order valence-electron chi connectivity index (χ3n) is 5.76. The van der Waals surface area contributed by atoms with Crippen LogP contribution in [0.25, 0.3) is 0 Å². The zero-order chi connectivity index (χ0) is 13.6. The number of aliphatic hydroxyl groups excluding tert-OH is 1. The van der Waals surface area contributed by atoms with E-state index in [2.05, 4.69) is 30.6 Å². The normalized spacial score (nSPS) is 49.3. The van der Waals surface area contributed by atoms with Crippen molar-refractivity contribution in [3.8, 4) is 0 Å². The molecule has 6 atom stereocenters. The van der Waals surface area contributed by atoms with Gasteiger partial charge in [-0.25, -0.2) is 0 Å². The number of nitrogens with zero attached hydrogens (tertiary/aromatic N) is 2. The van der Waals surface area contributed by atoms with E-state index in [1.165, 1.54) is 38.9 Å². The Hall–Kier alpha value is -0.120. The third kappa shape index (κ3) is 2.57. The summed E-state index contributed by atoms with van der Waals surface area (Å²) in [5.41, 5.74) is 0. The van der Waals surface area contributed by atoms with Gasteiger partial charge in [0, 0.05) is 31.2 Å². The molecule has 2 aliphatic heterocycles. The van der Waals surface area contributed by atoms with E-state index in [1.807, 2.05) is 0 Å². The molecule has 1 aliphatic carbocycles. The monoisotopic (exact) mass is 266 g/mol. The summed E-state index contributed by atoms with van der Waals surface area (Å²) in [5, 5.41) is 10.6. The van der Waals surface area contributed by atoms with Crippen molar-refractivity contribution in [2.45, 2.75) is 70.7 Å². The Balaban J connectivity index is 1.73. The first-order valence-corrected chi connectivity index (χ1v) is 8.24. The smallest absolute Gasteiger partial charge is 0.0700 e. The van der Waals surface area contributed by atoms with Crippen molar-refractivity contribution in [3.05, 3.63) is 0 Å². The molecule has 0 bridgehead atoms. The van der Waals surface area contributed by atoms with Crippen molar-refractivity contribution in [3.63, 3.8) is 0 Å². The van der Waals surface area contributed by atoms with Crippen LogP contribution in [-0.4, -0.2) is 58.8 Å². The van der Waals surface area contributed by atoms with Crippen LogP contribution in [0.1, 0.15) is 46.5 Å². The van der Waals surface area contributed by atoms with E-state index in [0.29, 0.717) is 23.9 Å². The molecule has 1 N–H and O–H groups in total. The van der Waals surface area contributed by atoms with E-state index in [9.17, 15) is 5.11 Å². The van der Waals surface area contributed by atoms with E-state index in [-0.39, 0.29) is 6.10 Å². The molecule has 0 spiro atoms. The topological polar surface area (TPSA) is 26.7 Å². The lowest BCUT2D eigenvalue weighted by molar-refractivity contribution is -0.0694. The van der Waals surface area contributed by atoms with Crippen LogP contribution in [0, 0.1) is 11.8 Å². The summed E-state index contributed by atoms with van der Waals surface area (Å²) in [5.74, 6) is 1.32. The van der Waals surface area contributed by atoms with Crippen LogP contribution in [0.3, 0.4) is 0 Å². The van der Waals surface area contributed by atoms with Gasteiger partial charge in [0.05, 0.1) is 6.10 Å². The Labute approximate surface area is 118 Å². The van der Waals surface area contributed by atoms with Crippen LogP contribution in [0.5, 0.6) is 0 Å². The molecular formula is C16H30N2O. The van der Waals surface area contributed by atoms with Crippen LogP contribution in [0.4, 0.5) is 0 Å². The maximum absolute atomic E-state index is 10.6. The highest BCUT2D eigenvalue weighted by atomic mass is 16.3. The van der Waals surface area contributed by atoms with Gasteiger partial charge >= 0.3 is 0 Å². The SMILES string of the molecule is CC1CC(C)C(N2CC3CCCN3CC2C)C(O)C1. The van der Waals surface area contributed by atoms with Gasteiger partial charge < -0.3 is 5.11 Å². The van der Waals surface area contributed by atoms with Crippen LogP contribution in [0.2, 0.25) is 0 Å². The molecule has 0 amide bonds. The molecule has 0 aromatic rings. The Bertz CT molecular complexity index is 310. The Kier molecular flexibility index (Phi) is 3.89. The zero-order valence-corrected chi connectivity index (χ0v) is 12.8. The molecular weight excluding hydrogens is 236 g/mol. The van der Waals surface area contributed by atoms with Gasteiger partial charge in [0.2, 0.25) is 0 Å². The molecule has 3 fully saturated rings. The predicted octanol–water partition coefficient (Wildman–Crippen LogP) is 1.95. The maximum atomic E-state index is 10.6. The van der Waals surface area contributed by atoms with Crippen molar-refractivity contribution in [1.29, 1.82) is 0 Å². The lowest BCUT2D eigenvalue weighted by Gasteiger charge is -2.51. The minimum atomic E-state index is -0.117. The number of aliphatic hydroxyl groups is 1. The van der Waals surface area contributed by atoms with Gasteiger partial charge in [0.25, 0.3) is 0 Å². The van der Waals surface area contributed by atoms with Crippen molar-refractivity contribution < 1.29 is 5.11 Å². The molecule has 3 rings (SSSR count). The summed E-state index contributed by atoms with van der Waals surface area (Å²) in [4.78, 5) is 5.32. The second kappa shape index (κ2) is 5.34. The Morgan fingerprint density at radius 1 is 1.05 bits per heavy atom. The molecule has 3 aliphatic rings. The molecule has 0 aromatic carbocycles. The van der Waals surface area contributed by atoms with E-state index in [0.717, 1.165) is 12.5 Å².